The van der Waals surface area contributed by atoms with Gasteiger partial charge < -0.3 is 10.6 Å². The second-order valence-corrected chi connectivity index (χ2v) is 15.1. The van der Waals surface area contributed by atoms with Crippen LogP contribution in [0.2, 0.25) is 0 Å². The van der Waals surface area contributed by atoms with Crippen LogP contribution in [-0.2, 0) is 13.1 Å². The zero-order chi connectivity index (χ0) is 25.6. The molecular weight excluding hydrogens is 498 g/mol. The summed E-state index contributed by atoms with van der Waals surface area (Å²) in [5.41, 5.74) is 2.96. The minimum atomic E-state index is -0.456. The van der Waals surface area contributed by atoms with Crippen LogP contribution in [-0.4, -0.2) is 24.4 Å². The van der Waals surface area contributed by atoms with E-state index in [2.05, 4.69) is 120 Å². The third kappa shape index (κ3) is 5.95. The maximum atomic E-state index is 4.01. The minimum absolute atomic E-state index is 0.456. The van der Waals surface area contributed by atoms with E-state index in [1.807, 2.05) is 0 Å². The molecule has 194 valence electrons. The number of hydrogen-bond acceptors (Lipinski definition) is 2. The van der Waals surface area contributed by atoms with E-state index in [1.54, 1.807) is 10.6 Å². The van der Waals surface area contributed by atoms with Crippen molar-refractivity contribution < 1.29 is 0 Å². The summed E-state index contributed by atoms with van der Waals surface area (Å²) in [6.45, 7) is 1.91. The molecule has 2 N–H and O–H groups in total. The molecule has 0 radical (unpaired) electrons. The Bertz CT molecular complexity index is 1210. The Morgan fingerprint density at radius 3 is 1.32 bits per heavy atom. The molecular formula is C34H38N2P2. The summed E-state index contributed by atoms with van der Waals surface area (Å²) < 4.78 is 0. The Morgan fingerprint density at radius 2 is 0.868 bits per heavy atom. The first kappa shape index (κ1) is 25.9. The molecule has 4 heteroatoms. The molecule has 38 heavy (non-hydrogen) atoms. The van der Waals surface area contributed by atoms with Crippen LogP contribution >= 0.6 is 15.8 Å². The summed E-state index contributed by atoms with van der Waals surface area (Å²) >= 11 is 0. The van der Waals surface area contributed by atoms with Gasteiger partial charge in [0.15, 0.2) is 0 Å². The Hall–Kier alpha value is -2.34. The van der Waals surface area contributed by atoms with Gasteiger partial charge in [-0.15, -0.1) is 0 Å². The highest BCUT2D eigenvalue weighted by Gasteiger charge is 2.27. The molecule has 0 aromatic heterocycles. The lowest BCUT2D eigenvalue weighted by Crippen LogP contribution is -2.49. The quantitative estimate of drug-likeness (QED) is 0.319. The first-order valence-corrected chi connectivity index (χ1v) is 17.2. The van der Waals surface area contributed by atoms with E-state index in [9.17, 15) is 0 Å². The number of benzene rings is 4. The van der Waals surface area contributed by atoms with Crippen LogP contribution in [0.25, 0.3) is 0 Å². The molecule has 1 saturated carbocycles. The molecule has 2 nitrogen and oxygen atoms in total. The van der Waals surface area contributed by atoms with Gasteiger partial charge in [-0.3, -0.25) is 0 Å². The van der Waals surface area contributed by atoms with Crippen LogP contribution in [0.3, 0.4) is 0 Å². The van der Waals surface area contributed by atoms with Crippen molar-refractivity contribution in [2.45, 2.75) is 50.9 Å². The van der Waals surface area contributed by atoms with Crippen LogP contribution in [0.5, 0.6) is 0 Å². The average Bonchev–Trinajstić information content (AvgIpc) is 2.99. The highest BCUT2D eigenvalue weighted by Crippen LogP contribution is 2.42. The molecule has 1 aliphatic heterocycles. The fourth-order valence-electron chi connectivity index (χ4n) is 6.14. The zero-order valence-corrected chi connectivity index (χ0v) is 23.9. The maximum Gasteiger partial charge on any atom is 0.0224 e. The van der Waals surface area contributed by atoms with Crippen molar-refractivity contribution >= 4 is 37.1 Å². The van der Waals surface area contributed by atoms with E-state index >= 15 is 0 Å². The van der Waals surface area contributed by atoms with Crippen molar-refractivity contribution in [3.63, 3.8) is 0 Å². The minimum Gasteiger partial charge on any atom is -0.308 e. The van der Waals surface area contributed by atoms with E-state index in [0.717, 1.165) is 13.1 Å². The number of nitrogens with one attached hydrogen (secondary N) is 2. The van der Waals surface area contributed by atoms with Gasteiger partial charge in [-0.25, -0.2) is 0 Å². The van der Waals surface area contributed by atoms with Crippen LogP contribution in [0, 0.1) is 0 Å². The van der Waals surface area contributed by atoms with Crippen LogP contribution in [0.4, 0.5) is 0 Å². The summed E-state index contributed by atoms with van der Waals surface area (Å²) in [6, 6.07) is 42.2. The normalized spacial score (nSPS) is 24.3. The van der Waals surface area contributed by atoms with Gasteiger partial charge in [0.2, 0.25) is 0 Å². The third-order valence-electron chi connectivity index (χ3n) is 8.12. The molecule has 4 atom stereocenters. The van der Waals surface area contributed by atoms with Gasteiger partial charge in [-0.05, 0) is 73.4 Å². The first-order chi connectivity index (χ1) is 18.9. The van der Waals surface area contributed by atoms with Gasteiger partial charge >= 0.3 is 0 Å². The van der Waals surface area contributed by atoms with Crippen molar-refractivity contribution in [1.82, 2.24) is 10.6 Å². The summed E-state index contributed by atoms with van der Waals surface area (Å²) in [5.74, 6) is 0. The van der Waals surface area contributed by atoms with E-state index in [4.69, 9.17) is 0 Å². The van der Waals surface area contributed by atoms with Crippen molar-refractivity contribution in [3.05, 3.63) is 120 Å². The molecule has 0 saturated heterocycles. The first-order valence-electron chi connectivity index (χ1n) is 14.1. The lowest BCUT2D eigenvalue weighted by atomic mass is 9.90. The monoisotopic (exact) mass is 536 g/mol. The Morgan fingerprint density at radius 1 is 0.474 bits per heavy atom. The second-order valence-electron chi connectivity index (χ2n) is 10.5. The molecule has 6 rings (SSSR count). The molecule has 4 aromatic carbocycles. The predicted octanol–water partition coefficient (Wildman–Crippen LogP) is 5.76. The van der Waals surface area contributed by atoms with E-state index in [-0.39, 0.29) is 0 Å². The molecule has 0 spiro atoms. The second kappa shape index (κ2) is 12.7. The Balaban J connectivity index is 1.45. The van der Waals surface area contributed by atoms with Crippen LogP contribution < -0.4 is 31.9 Å². The number of fused-ring (bicyclic) bond motifs is 3. The van der Waals surface area contributed by atoms with Crippen molar-refractivity contribution in [2.24, 2.45) is 0 Å². The molecule has 1 aliphatic carbocycles. The van der Waals surface area contributed by atoms with Crippen molar-refractivity contribution in [2.75, 3.05) is 12.3 Å². The summed E-state index contributed by atoms with van der Waals surface area (Å²) in [6.07, 6.45) is 7.56. The standard InChI is InChI=1S/C34H38N2P2/c1-3-15-29(16-4-1)37-23-24-38(30-17-5-2-6-18-30)34-22-12-8-14-28(34)26-36-32-20-10-9-19-31(32)35-25-27-13-7-11-21-33(27)37/h1-8,11-18,21-22,31-32,35-36H,9-10,19-20,23-26H2/t31-,32-,37-,38-/m0/s1. The smallest absolute Gasteiger partial charge is 0.0224 e. The zero-order valence-electron chi connectivity index (χ0n) is 22.1. The fraction of sp³-hybridized carbons (Fsp3) is 0.294. The van der Waals surface area contributed by atoms with Crippen LogP contribution in [0.1, 0.15) is 36.8 Å². The lowest BCUT2D eigenvalue weighted by molar-refractivity contribution is 0.281. The van der Waals surface area contributed by atoms with Gasteiger partial charge in [0.25, 0.3) is 0 Å². The van der Waals surface area contributed by atoms with Crippen LogP contribution in [0.15, 0.2) is 109 Å². The van der Waals surface area contributed by atoms with Crippen molar-refractivity contribution in [3.8, 4) is 0 Å². The Labute approximate surface area is 230 Å². The summed E-state index contributed by atoms with van der Waals surface area (Å²) in [4.78, 5) is 0. The van der Waals surface area contributed by atoms with Gasteiger partial charge in [0, 0.05) is 25.2 Å². The largest absolute Gasteiger partial charge is 0.308 e. The highest BCUT2D eigenvalue weighted by molar-refractivity contribution is 7.76. The highest BCUT2D eigenvalue weighted by atomic mass is 31.1. The SMILES string of the molecule is c1ccc([P@]2CC[P@@](c3ccccc3)c3ccccc3CN[C@H]3CCCC[C@@H]3NCc3ccccc32)cc1. The molecule has 1 heterocycles. The molecule has 4 aromatic rings. The number of rotatable bonds is 2. The van der Waals surface area contributed by atoms with Gasteiger partial charge in [-0.2, -0.15) is 0 Å². The van der Waals surface area contributed by atoms with Crippen molar-refractivity contribution in [1.29, 1.82) is 0 Å². The number of hydrogen-bond donors (Lipinski definition) is 2. The summed E-state index contributed by atoms with van der Waals surface area (Å²) in [5, 5.41) is 14.1. The van der Waals surface area contributed by atoms with Gasteiger partial charge in [0.1, 0.15) is 0 Å². The predicted molar refractivity (Wildman–Crippen MR) is 168 cm³/mol. The third-order valence-corrected chi connectivity index (χ3v) is 13.7. The molecule has 2 aliphatic rings. The molecule has 0 amide bonds. The summed E-state index contributed by atoms with van der Waals surface area (Å²) in [7, 11) is -0.912. The Kier molecular flexibility index (Phi) is 8.64. The fourth-order valence-corrected chi connectivity index (χ4v) is 11.9. The van der Waals surface area contributed by atoms with Gasteiger partial charge in [0.05, 0.1) is 0 Å². The van der Waals surface area contributed by atoms with E-state index in [1.165, 1.54) is 59.7 Å². The average molecular weight is 537 g/mol. The molecule has 0 bridgehead atoms. The van der Waals surface area contributed by atoms with Gasteiger partial charge in [-0.1, -0.05) is 122 Å². The maximum absolute atomic E-state index is 4.01. The molecule has 0 unspecified atom stereocenters. The van der Waals surface area contributed by atoms with E-state index < -0.39 is 15.8 Å². The van der Waals surface area contributed by atoms with E-state index in [0.29, 0.717) is 12.1 Å². The lowest BCUT2D eigenvalue weighted by Gasteiger charge is -2.35. The topological polar surface area (TPSA) is 24.1 Å². The molecule has 1 fully saturated rings.